The van der Waals surface area contributed by atoms with Gasteiger partial charge in [-0.25, -0.2) is 0 Å². The van der Waals surface area contributed by atoms with Gasteiger partial charge in [-0.3, -0.25) is 0 Å². The van der Waals surface area contributed by atoms with E-state index < -0.39 is 0 Å². The van der Waals surface area contributed by atoms with Crippen LogP contribution in [0.5, 0.6) is 11.5 Å². The van der Waals surface area contributed by atoms with Crippen molar-refractivity contribution in [3.63, 3.8) is 0 Å². The molecule has 0 aromatic heterocycles. The molecule has 0 fully saturated rings. The summed E-state index contributed by atoms with van der Waals surface area (Å²) in [6, 6.07) is 14.3. The van der Waals surface area contributed by atoms with Crippen molar-refractivity contribution in [2.45, 2.75) is 18.9 Å². The standard InChI is InChI=1S/C17H19NO2.ClH/c1-19-16-8-3-2-6-14(16)15-7-4-5-12-9-10-13(11-18)20-17(12)15;/h2-8,13H,9-11,18H2,1H3;1H/t13-;/m1./s1. The van der Waals surface area contributed by atoms with E-state index in [9.17, 15) is 0 Å². The second kappa shape index (κ2) is 6.83. The molecule has 1 aliphatic heterocycles. The van der Waals surface area contributed by atoms with Crippen LogP contribution in [0.15, 0.2) is 42.5 Å². The molecule has 2 N–H and O–H groups in total. The van der Waals surface area contributed by atoms with Crippen LogP contribution in [-0.2, 0) is 6.42 Å². The largest absolute Gasteiger partial charge is 0.496 e. The second-order valence-electron chi connectivity index (χ2n) is 5.01. The van der Waals surface area contributed by atoms with Crippen LogP contribution >= 0.6 is 12.4 Å². The van der Waals surface area contributed by atoms with Crippen LogP contribution in [0, 0.1) is 0 Å². The highest BCUT2D eigenvalue weighted by Crippen LogP contribution is 2.41. The molecule has 0 aliphatic carbocycles. The van der Waals surface area contributed by atoms with Crippen molar-refractivity contribution < 1.29 is 9.47 Å². The van der Waals surface area contributed by atoms with E-state index in [0.717, 1.165) is 35.5 Å². The molecule has 3 nitrogen and oxygen atoms in total. The van der Waals surface area contributed by atoms with E-state index in [1.54, 1.807) is 7.11 Å². The Balaban J connectivity index is 0.00000161. The Morgan fingerprint density at radius 3 is 2.67 bits per heavy atom. The number of hydrogen-bond donors (Lipinski definition) is 1. The molecular formula is C17H20ClNO2. The van der Waals surface area contributed by atoms with Gasteiger partial charge in [0.25, 0.3) is 0 Å². The fourth-order valence-corrected chi connectivity index (χ4v) is 2.71. The predicted molar refractivity (Wildman–Crippen MR) is 87.5 cm³/mol. The van der Waals surface area contributed by atoms with Gasteiger partial charge in [0.05, 0.1) is 7.11 Å². The Labute approximate surface area is 131 Å². The molecule has 1 atom stereocenters. The van der Waals surface area contributed by atoms with Crippen molar-refractivity contribution in [1.29, 1.82) is 0 Å². The summed E-state index contributed by atoms with van der Waals surface area (Å²) in [5.74, 6) is 1.82. The van der Waals surface area contributed by atoms with E-state index in [0.29, 0.717) is 6.54 Å². The first kappa shape index (κ1) is 15.7. The molecule has 0 saturated heterocycles. The molecule has 112 valence electrons. The summed E-state index contributed by atoms with van der Waals surface area (Å²) in [6.45, 7) is 0.555. The average Bonchev–Trinajstić information content (AvgIpc) is 2.53. The van der Waals surface area contributed by atoms with Crippen molar-refractivity contribution in [2.75, 3.05) is 13.7 Å². The van der Waals surface area contributed by atoms with Crippen molar-refractivity contribution >= 4 is 12.4 Å². The fourth-order valence-electron chi connectivity index (χ4n) is 2.71. The van der Waals surface area contributed by atoms with E-state index in [-0.39, 0.29) is 18.5 Å². The molecule has 0 radical (unpaired) electrons. The number of aryl methyl sites for hydroxylation is 1. The molecule has 2 aromatic rings. The third kappa shape index (κ3) is 2.99. The minimum atomic E-state index is 0. The lowest BCUT2D eigenvalue weighted by Gasteiger charge is -2.27. The van der Waals surface area contributed by atoms with Crippen LogP contribution in [0.3, 0.4) is 0 Å². The number of methoxy groups -OCH3 is 1. The van der Waals surface area contributed by atoms with Gasteiger partial charge in [-0.05, 0) is 24.5 Å². The lowest BCUT2D eigenvalue weighted by molar-refractivity contribution is 0.182. The number of benzene rings is 2. The molecule has 0 saturated carbocycles. The number of ether oxygens (including phenoxy) is 2. The van der Waals surface area contributed by atoms with Gasteiger partial charge >= 0.3 is 0 Å². The van der Waals surface area contributed by atoms with E-state index in [1.807, 2.05) is 18.2 Å². The SMILES string of the molecule is COc1ccccc1-c1cccc2c1O[C@@H](CN)CC2.Cl. The quantitative estimate of drug-likeness (QED) is 0.945. The van der Waals surface area contributed by atoms with Crippen molar-refractivity contribution in [3.05, 3.63) is 48.0 Å². The highest BCUT2D eigenvalue weighted by molar-refractivity contribution is 5.85. The first-order valence-electron chi connectivity index (χ1n) is 6.95. The van der Waals surface area contributed by atoms with Gasteiger partial charge in [0.1, 0.15) is 17.6 Å². The molecule has 0 bridgehead atoms. The first-order valence-corrected chi connectivity index (χ1v) is 6.95. The fraction of sp³-hybridized carbons (Fsp3) is 0.294. The summed E-state index contributed by atoms with van der Waals surface area (Å²) >= 11 is 0. The van der Waals surface area contributed by atoms with Gasteiger partial charge < -0.3 is 15.2 Å². The molecular weight excluding hydrogens is 286 g/mol. The van der Waals surface area contributed by atoms with Gasteiger partial charge in [0.2, 0.25) is 0 Å². The Bertz CT molecular complexity index is 615. The van der Waals surface area contributed by atoms with Crippen molar-refractivity contribution in [3.8, 4) is 22.6 Å². The summed E-state index contributed by atoms with van der Waals surface area (Å²) in [4.78, 5) is 0. The highest BCUT2D eigenvalue weighted by atomic mass is 35.5. The second-order valence-corrected chi connectivity index (χ2v) is 5.01. The minimum Gasteiger partial charge on any atom is -0.496 e. The Morgan fingerprint density at radius 2 is 1.90 bits per heavy atom. The third-order valence-corrected chi connectivity index (χ3v) is 3.78. The smallest absolute Gasteiger partial charge is 0.130 e. The lowest BCUT2D eigenvalue weighted by atomic mass is 9.95. The van der Waals surface area contributed by atoms with Crippen LogP contribution in [0.1, 0.15) is 12.0 Å². The molecule has 1 heterocycles. The number of hydrogen-bond acceptors (Lipinski definition) is 3. The molecule has 0 spiro atoms. The van der Waals surface area contributed by atoms with Crippen LogP contribution in [0.2, 0.25) is 0 Å². The molecule has 3 rings (SSSR count). The van der Waals surface area contributed by atoms with Gasteiger partial charge in [-0.2, -0.15) is 0 Å². The molecule has 1 aliphatic rings. The van der Waals surface area contributed by atoms with E-state index in [2.05, 4.69) is 24.3 Å². The zero-order chi connectivity index (χ0) is 13.9. The highest BCUT2D eigenvalue weighted by Gasteiger charge is 2.22. The summed E-state index contributed by atoms with van der Waals surface area (Å²) in [7, 11) is 1.69. The maximum absolute atomic E-state index is 6.09. The Kier molecular flexibility index (Phi) is 5.10. The number of fused-ring (bicyclic) bond motifs is 1. The first-order chi connectivity index (χ1) is 9.83. The Morgan fingerprint density at radius 1 is 1.14 bits per heavy atom. The lowest BCUT2D eigenvalue weighted by Crippen LogP contribution is -2.30. The van der Waals surface area contributed by atoms with Crippen LogP contribution < -0.4 is 15.2 Å². The van der Waals surface area contributed by atoms with E-state index >= 15 is 0 Å². The number of nitrogens with two attached hydrogens (primary N) is 1. The number of halogens is 1. The van der Waals surface area contributed by atoms with Crippen LogP contribution in [-0.4, -0.2) is 19.8 Å². The summed E-state index contributed by atoms with van der Waals surface area (Å²) < 4.78 is 11.5. The minimum absolute atomic E-state index is 0. The molecule has 2 aromatic carbocycles. The normalized spacial score (nSPS) is 16.4. The zero-order valence-corrected chi connectivity index (χ0v) is 12.9. The molecule has 0 unspecified atom stereocenters. The van der Waals surface area contributed by atoms with E-state index in [4.69, 9.17) is 15.2 Å². The topological polar surface area (TPSA) is 44.5 Å². The number of para-hydroxylation sites is 2. The summed E-state index contributed by atoms with van der Waals surface area (Å²) in [5, 5.41) is 0. The maximum Gasteiger partial charge on any atom is 0.130 e. The average molecular weight is 306 g/mol. The summed E-state index contributed by atoms with van der Waals surface area (Å²) in [5.41, 5.74) is 9.15. The van der Waals surface area contributed by atoms with Gasteiger partial charge in [-0.15, -0.1) is 12.4 Å². The summed E-state index contributed by atoms with van der Waals surface area (Å²) in [6.07, 6.45) is 2.11. The van der Waals surface area contributed by atoms with Crippen LogP contribution in [0.25, 0.3) is 11.1 Å². The van der Waals surface area contributed by atoms with Crippen molar-refractivity contribution in [2.24, 2.45) is 5.73 Å². The van der Waals surface area contributed by atoms with Gasteiger partial charge in [0, 0.05) is 17.7 Å². The predicted octanol–water partition coefficient (Wildman–Crippen LogP) is 3.44. The van der Waals surface area contributed by atoms with Crippen molar-refractivity contribution in [1.82, 2.24) is 0 Å². The van der Waals surface area contributed by atoms with E-state index in [1.165, 1.54) is 5.56 Å². The monoisotopic (exact) mass is 305 g/mol. The zero-order valence-electron chi connectivity index (χ0n) is 12.0. The molecule has 4 heteroatoms. The van der Waals surface area contributed by atoms with Crippen LogP contribution in [0.4, 0.5) is 0 Å². The third-order valence-electron chi connectivity index (χ3n) is 3.78. The Hall–Kier alpha value is -1.71. The maximum atomic E-state index is 6.09. The molecule has 0 amide bonds. The molecule has 21 heavy (non-hydrogen) atoms. The van der Waals surface area contributed by atoms with Gasteiger partial charge in [0.15, 0.2) is 0 Å². The van der Waals surface area contributed by atoms with Gasteiger partial charge in [-0.1, -0.05) is 36.4 Å². The number of rotatable bonds is 3.